The first-order chi connectivity index (χ1) is 12.5. The fourth-order valence-corrected chi connectivity index (χ4v) is 3.91. The maximum atomic E-state index is 12.1. The van der Waals surface area contributed by atoms with Gasteiger partial charge in [0.15, 0.2) is 0 Å². The van der Waals surface area contributed by atoms with Crippen LogP contribution in [0.15, 0.2) is 47.4 Å². The molecule has 136 valence electrons. The van der Waals surface area contributed by atoms with E-state index in [1.165, 1.54) is 11.1 Å². The average Bonchev–Trinajstić information content (AvgIpc) is 3.05. The van der Waals surface area contributed by atoms with Crippen molar-refractivity contribution in [2.75, 3.05) is 17.2 Å². The molecule has 1 aliphatic heterocycles. The molecule has 2 amide bonds. The van der Waals surface area contributed by atoms with Crippen LogP contribution in [-0.4, -0.2) is 24.1 Å². The Labute approximate surface area is 159 Å². The van der Waals surface area contributed by atoms with Gasteiger partial charge in [-0.2, -0.15) is 0 Å². The number of carbonyl (C=O) groups is 2. The van der Waals surface area contributed by atoms with Crippen LogP contribution in [0.4, 0.5) is 5.69 Å². The molecule has 0 aromatic heterocycles. The molecular formula is C21H24N2O2S. The van der Waals surface area contributed by atoms with Gasteiger partial charge in [-0.15, -0.1) is 11.8 Å². The minimum atomic E-state index is 0.0220. The third-order valence-electron chi connectivity index (χ3n) is 4.50. The predicted octanol–water partition coefficient (Wildman–Crippen LogP) is 3.84. The molecule has 0 aliphatic carbocycles. The molecule has 1 saturated heterocycles. The summed E-state index contributed by atoms with van der Waals surface area (Å²) in [6.45, 7) is 5.43. The zero-order valence-corrected chi connectivity index (χ0v) is 16.1. The summed E-state index contributed by atoms with van der Waals surface area (Å²) >= 11 is 1.56. The van der Waals surface area contributed by atoms with E-state index in [1.807, 2.05) is 29.2 Å². The quantitative estimate of drug-likeness (QED) is 0.788. The van der Waals surface area contributed by atoms with Crippen molar-refractivity contribution in [2.45, 2.75) is 38.1 Å². The van der Waals surface area contributed by atoms with Gasteiger partial charge in [-0.25, -0.2) is 0 Å². The molecule has 0 unspecified atom stereocenters. The Kier molecular flexibility index (Phi) is 5.99. The third kappa shape index (κ3) is 4.67. The number of nitrogens with one attached hydrogen (secondary N) is 1. The molecule has 0 saturated carbocycles. The zero-order valence-electron chi connectivity index (χ0n) is 15.2. The minimum absolute atomic E-state index is 0.0220. The first-order valence-corrected chi connectivity index (χ1v) is 9.87. The smallest absolute Gasteiger partial charge is 0.230 e. The van der Waals surface area contributed by atoms with Crippen molar-refractivity contribution < 1.29 is 9.59 Å². The minimum Gasteiger partial charge on any atom is -0.351 e. The van der Waals surface area contributed by atoms with Gasteiger partial charge >= 0.3 is 0 Å². The fourth-order valence-electron chi connectivity index (χ4n) is 3.07. The molecule has 1 fully saturated rings. The molecule has 2 aromatic carbocycles. The van der Waals surface area contributed by atoms with Crippen molar-refractivity contribution in [3.63, 3.8) is 0 Å². The van der Waals surface area contributed by atoms with Crippen molar-refractivity contribution in [1.29, 1.82) is 0 Å². The summed E-state index contributed by atoms with van der Waals surface area (Å²) in [5.41, 5.74) is 4.41. The number of hydrogen-bond acceptors (Lipinski definition) is 3. The van der Waals surface area contributed by atoms with Crippen molar-refractivity contribution in [3.8, 4) is 0 Å². The Morgan fingerprint density at radius 3 is 2.58 bits per heavy atom. The van der Waals surface area contributed by atoms with Crippen LogP contribution in [0.3, 0.4) is 0 Å². The van der Waals surface area contributed by atoms with Gasteiger partial charge in [0.1, 0.15) is 0 Å². The number of benzene rings is 2. The normalized spacial score (nSPS) is 13.9. The molecule has 0 bridgehead atoms. The van der Waals surface area contributed by atoms with E-state index in [-0.39, 0.29) is 11.8 Å². The van der Waals surface area contributed by atoms with E-state index >= 15 is 0 Å². The van der Waals surface area contributed by atoms with Crippen molar-refractivity contribution in [1.82, 2.24) is 5.32 Å². The summed E-state index contributed by atoms with van der Waals surface area (Å²) in [5, 5.41) is 2.96. The van der Waals surface area contributed by atoms with Crippen molar-refractivity contribution >= 4 is 29.3 Å². The highest BCUT2D eigenvalue weighted by Crippen LogP contribution is 2.23. The lowest BCUT2D eigenvalue weighted by Crippen LogP contribution is -2.25. The Morgan fingerprint density at radius 2 is 1.92 bits per heavy atom. The Bertz CT molecular complexity index is 802. The van der Waals surface area contributed by atoms with Crippen molar-refractivity contribution in [3.05, 3.63) is 59.2 Å². The van der Waals surface area contributed by atoms with Gasteiger partial charge in [-0.1, -0.05) is 29.8 Å². The first-order valence-electron chi connectivity index (χ1n) is 8.89. The number of anilines is 1. The highest BCUT2D eigenvalue weighted by atomic mass is 32.2. The molecule has 1 aliphatic rings. The van der Waals surface area contributed by atoms with Crippen LogP contribution in [0, 0.1) is 13.8 Å². The molecule has 0 radical (unpaired) electrons. The monoisotopic (exact) mass is 368 g/mol. The lowest BCUT2D eigenvalue weighted by molar-refractivity contribution is -0.119. The highest BCUT2D eigenvalue weighted by Gasteiger charge is 2.21. The summed E-state index contributed by atoms with van der Waals surface area (Å²) in [5.74, 6) is 0.618. The maximum absolute atomic E-state index is 12.1. The lowest BCUT2D eigenvalue weighted by Gasteiger charge is -2.16. The molecular weight excluding hydrogens is 344 g/mol. The van der Waals surface area contributed by atoms with Crippen LogP contribution in [0.1, 0.15) is 29.5 Å². The number of amides is 2. The lowest BCUT2D eigenvalue weighted by atomic mass is 10.2. The standard InChI is InChI=1S/C21H24N2O2S/c1-15-5-10-19(16(2)12-15)26-14-20(24)22-13-17-6-8-18(9-7-17)23-11-3-4-21(23)25/h5-10,12H,3-4,11,13-14H2,1-2H3,(H,22,24). The summed E-state index contributed by atoms with van der Waals surface area (Å²) in [6.07, 6.45) is 1.56. The van der Waals surface area contributed by atoms with Gasteiger partial charge in [0.2, 0.25) is 11.8 Å². The summed E-state index contributed by atoms with van der Waals surface area (Å²) < 4.78 is 0. The third-order valence-corrected chi connectivity index (χ3v) is 5.68. The summed E-state index contributed by atoms with van der Waals surface area (Å²) in [4.78, 5) is 26.8. The Balaban J connectivity index is 1.47. The van der Waals surface area contributed by atoms with E-state index in [1.54, 1.807) is 11.8 Å². The van der Waals surface area contributed by atoms with Gasteiger partial charge in [-0.05, 0) is 49.6 Å². The van der Waals surface area contributed by atoms with Gasteiger partial charge in [0.25, 0.3) is 0 Å². The molecule has 5 heteroatoms. The molecule has 26 heavy (non-hydrogen) atoms. The first kappa shape index (κ1) is 18.5. The van der Waals surface area contributed by atoms with Gasteiger partial charge in [-0.3, -0.25) is 9.59 Å². The van der Waals surface area contributed by atoms with E-state index < -0.39 is 0 Å². The predicted molar refractivity (Wildman–Crippen MR) is 107 cm³/mol. The van der Waals surface area contributed by atoms with E-state index in [0.717, 1.165) is 29.1 Å². The van der Waals surface area contributed by atoms with Crippen LogP contribution in [0.25, 0.3) is 0 Å². The van der Waals surface area contributed by atoms with Gasteiger partial charge in [0, 0.05) is 30.1 Å². The number of thioether (sulfide) groups is 1. The second-order valence-corrected chi connectivity index (χ2v) is 7.67. The van der Waals surface area contributed by atoms with Gasteiger partial charge < -0.3 is 10.2 Å². The molecule has 4 nitrogen and oxygen atoms in total. The maximum Gasteiger partial charge on any atom is 0.230 e. The SMILES string of the molecule is Cc1ccc(SCC(=O)NCc2ccc(N3CCCC3=O)cc2)c(C)c1. The Hall–Kier alpha value is -2.27. The van der Waals surface area contributed by atoms with E-state index in [2.05, 4.69) is 37.4 Å². The molecule has 3 rings (SSSR count). The molecule has 1 heterocycles. The van der Waals surface area contributed by atoms with E-state index in [9.17, 15) is 9.59 Å². The van der Waals surface area contributed by atoms with Crippen LogP contribution in [0.5, 0.6) is 0 Å². The zero-order chi connectivity index (χ0) is 18.5. The number of rotatable bonds is 6. The molecule has 1 N–H and O–H groups in total. The Morgan fingerprint density at radius 1 is 1.15 bits per heavy atom. The van der Waals surface area contributed by atoms with Crippen molar-refractivity contribution in [2.24, 2.45) is 0 Å². The second kappa shape index (κ2) is 8.41. The number of carbonyl (C=O) groups excluding carboxylic acids is 2. The number of aryl methyl sites for hydroxylation is 2. The fraction of sp³-hybridized carbons (Fsp3) is 0.333. The molecule has 0 atom stereocenters. The topological polar surface area (TPSA) is 49.4 Å². The van der Waals surface area contributed by atoms with Crippen LogP contribution < -0.4 is 10.2 Å². The highest BCUT2D eigenvalue weighted by molar-refractivity contribution is 8.00. The number of hydrogen-bond donors (Lipinski definition) is 1. The molecule has 0 spiro atoms. The van der Waals surface area contributed by atoms with Gasteiger partial charge in [0.05, 0.1) is 5.75 Å². The van der Waals surface area contributed by atoms with Crippen LogP contribution in [-0.2, 0) is 16.1 Å². The second-order valence-electron chi connectivity index (χ2n) is 6.65. The van der Waals surface area contributed by atoms with Crippen LogP contribution in [0.2, 0.25) is 0 Å². The molecule has 2 aromatic rings. The summed E-state index contributed by atoms with van der Waals surface area (Å²) in [6, 6.07) is 14.1. The van der Waals surface area contributed by atoms with E-state index in [4.69, 9.17) is 0 Å². The summed E-state index contributed by atoms with van der Waals surface area (Å²) in [7, 11) is 0. The largest absolute Gasteiger partial charge is 0.351 e. The van der Waals surface area contributed by atoms with Crippen LogP contribution >= 0.6 is 11.8 Å². The number of nitrogens with zero attached hydrogens (tertiary/aromatic N) is 1. The average molecular weight is 369 g/mol. The van der Waals surface area contributed by atoms with E-state index in [0.29, 0.717) is 18.7 Å².